The summed E-state index contributed by atoms with van der Waals surface area (Å²) in [5.41, 5.74) is 4.31. The SMILES string of the molecule is CC(C)NC(C)(COc1ccccc1F)C(N)=O. The number of benzene rings is 1. The second kappa shape index (κ2) is 5.82. The van der Waals surface area contributed by atoms with Crippen LogP contribution in [-0.2, 0) is 4.79 Å². The second-order valence-corrected chi connectivity index (χ2v) is 4.71. The van der Waals surface area contributed by atoms with Crippen LogP contribution in [0.25, 0.3) is 0 Å². The fraction of sp³-hybridized carbons (Fsp3) is 0.462. The molecule has 1 amide bonds. The third-order valence-electron chi connectivity index (χ3n) is 2.50. The summed E-state index contributed by atoms with van der Waals surface area (Å²) in [5.74, 6) is -0.892. The van der Waals surface area contributed by atoms with Crippen molar-refractivity contribution in [2.45, 2.75) is 32.4 Å². The highest BCUT2D eigenvalue weighted by Gasteiger charge is 2.32. The first-order valence-electron chi connectivity index (χ1n) is 5.80. The molecule has 100 valence electrons. The number of nitrogens with two attached hydrogens (primary N) is 1. The summed E-state index contributed by atoms with van der Waals surface area (Å²) in [6.07, 6.45) is 0. The molecular weight excluding hydrogens is 235 g/mol. The van der Waals surface area contributed by atoms with Gasteiger partial charge in [-0.25, -0.2) is 4.39 Å². The molecule has 0 spiro atoms. The van der Waals surface area contributed by atoms with E-state index in [0.717, 1.165) is 0 Å². The van der Waals surface area contributed by atoms with Gasteiger partial charge in [-0.2, -0.15) is 0 Å². The number of hydrogen-bond donors (Lipinski definition) is 2. The van der Waals surface area contributed by atoms with Gasteiger partial charge in [0.05, 0.1) is 0 Å². The minimum absolute atomic E-state index is 0.0263. The first kappa shape index (κ1) is 14.4. The molecular formula is C13H19FN2O2. The average Bonchev–Trinajstić information content (AvgIpc) is 2.27. The molecule has 0 aromatic heterocycles. The third-order valence-corrected chi connectivity index (χ3v) is 2.50. The van der Waals surface area contributed by atoms with Gasteiger partial charge in [-0.05, 0) is 32.9 Å². The molecule has 0 fully saturated rings. The Hall–Kier alpha value is -1.62. The largest absolute Gasteiger partial charge is 0.488 e. The summed E-state index contributed by atoms with van der Waals surface area (Å²) in [6.45, 7) is 5.40. The van der Waals surface area contributed by atoms with Crippen molar-refractivity contribution in [3.05, 3.63) is 30.1 Å². The molecule has 0 radical (unpaired) electrons. The van der Waals surface area contributed by atoms with E-state index in [2.05, 4.69) is 5.32 Å². The maximum absolute atomic E-state index is 13.4. The van der Waals surface area contributed by atoms with Gasteiger partial charge in [0.15, 0.2) is 11.6 Å². The molecule has 18 heavy (non-hydrogen) atoms. The van der Waals surface area contributed by atoms with Crippen molar-refractivity contribution < 1.29 is 13.9 Å². The number of hydrogen-bond acceptors (Lipinski definition) is 3. The zero-order valence-electron chi connectivity index (χ0n) is 10.9. The summed E-state index contributed by atoms with van der Waals surface area (Å²) in [6, 6.07) is 6.10. The van der Waals surface area contributed by atoms with Gasteiger partial charge < -0.3 is 10.5 Å². The number of carbonyl (C=O) groups excluding carboxylic acids is 1. The van der Waals surface area contributed by atoms with E-state index in [4.69, 9.17) is 10.5 Å². The number of halogens is 1. The van der Waals surface area contributed by atoms with Crippen molar-refractivity contribution in [1.29, 1.82) is 0 Å². The molecule has 0 aliphatic rings. The minimum Gasteiger partial charge on any atom is -0.488 e. The van der Waals surface area contributed by atoms with Crippen molar-refractivity contribution in [3.8, 4) is 5.75 Å². The van der Waals surface area contributed by atoms with Gasteiger partial charge in [0.2, 0.25) is 5.91 Å². The maximum Gasteiger partial charge on any atom is 0.240 e. The lowest BCUT2D eigenvalue weighted by Gasteiger charge is -2.29. The van der Waals surface area contributed by atoms with Crippen molar-refractivity contribution in [2.75, 3.05) is 6.61 Å². The molecule has 0 heterocycles. The molecule has 0 aliphatic heterocycles. The van der Waals surface area contributed by atoms with E-state index in [1.165, 1.54) is 12.1 Å². The lowest BCUT2D eigenvalue weighted by Crippen LogP contribution is -2.59. The predicted molar refractivity (Wildman–Crippen MR) is 67.8 cm³/mol. The van der Waals surface area contributed by atoms with Crippen LogP contribution in [0.4, 0.5) is 4.39 Å². The monoisotopic (exact) mass is 254 g/mol. The van der Waals surface area contributed by atoms with Crippen LogP contribution in [0.3, 0.4) is 0 Å². The Morgan fingerprint density at radius 2 is 2.11 bits per heavy atom. The summed E-state index contributed by atoms with van der Waals surface area (Å²) in [5, 5.41) is 3.02. The summed E-state index contributed by atoms with van der Waals surface area (Å²) >= 11 is 0. The molecule has 1 unspecified atom stereocenters. The van der Waals surface area contributed by atoms with Crippen molar-refractivity contribution in [3.63, 3.8) is 0 Å². The Morgan fingerprint density at radius 1 is 1.50 bits per heavy atom. The van der Waals surface area contributed by atoms with Crippen molar-refractivity contribution >= 4 is 5.91 Å². The highest BCUT2D eigenvalue weighted by Crippen LogP contribution is 2.17. The predicted octanol–water partition coefficient (Wildman–Crippen LogP) is 1.45. The normalized spacial score (nSPS) is 14.3. The van der Waals surface area contributed by atoms with Gasteiger partial charge in [0, 0.05) is 6.04 Å². The van der Waals surface area contributed by atoms with Gasteiger partial charge in [-0.15, -0.1) is 0 Å². The topological polar surface area (TPSA) is 64.3 Å². The molecule has 0 bridgehead atoms. The molecule has 0 saturated carbocycles. The molecule has 0 saturated heterocycles. The Labute approximate surface area is 106 Å². The Kier molecular flexibility index (Phi) is 4.67. The van der Waals surface area contributed by atoms with E-state index in [0.29, 0.717) is 0 Å². The minimum atomic E-state index is -1.03. The van der Waals surface area contributed by atoms with E-state index < -0.39 is 17.3 Å². The van der Waals surface area contributed by atoms with Crippen LogP contribution >= 0.6 is 0 Å². The van der Waals surface area contributed by atoms with Gasteiger partial charge in [-0.1, -0.05) is 12.1 Å². The third kappa shape index (κ3) is 3.70. The van der Waals surface area contributed by atoms with Gasteiger partial charge in [-0.3, -0.25) is 10.1 Å². The molecule has 1 rings (SSSR count). The molecule has 0 aliphatic carbocycles. The maximum atomic E-state index is 13.4. The number of ether oxygens (including phenoxy) is 1. The Bertz CT molecular complexity index is 423. The van der Waals surface area contributed by atoms with Crippen molar-refractivity contribution in [1.82, 2.24) is 5.32 Å². The highest BCUT2D eigenvalue weighted by atomic mass is 19.1. The summed E-state index contributed by atoms with van der Waals surface area (Å²) in [4.78, 5) is 11.4. The molecule has 3 N–H and O–H groups in total. The van der Waals surface area contributed by atoms with Crippen LogP contribution < -0.4 is 15.8 Å². The van der Waals surface area contributed by atoms with Crippen LogP contribution in [-0.4, -0.2) is 24.1 Å². The van der Waals surface area contributed by atoms with Crippen LogP contribution in [0.2, 0.25) is 0 Å². The number of rotatable bonds is 6. The fourth-order valence-corrected chi connectivity index (χ4v) is 1.60. The first-order chi connectivity index (χ1) is 8.35. The lowest BCUT2D eigenvalue weighted by atomic mass is 10.0. The van der Waals surface area contributed by atoms with Crippen LogP contribution in [0.5, 0.6) is 5.75 Å². The zero-order chi connectivity index (χ0) is 13.8. The Morgan fingerprint density at radius 3 is 2.61 bits per heavy atom. The number of amides is 1. The molecule has 5 heteroatoms. The van der Waals surface area contributed by atoms with Gasteiger partial charge in [0.25, 0.3) is 0 Å². The van der Waals surface area contributed by atoms with Crippen molar-refractivity contribution in [2.24, 2.45) is 5.73 Å². The number of para-hydroxylation sites is 1. The van der Waals surface area contributed by atoms with Gasteiger partial charge in [0.1, 0.15) is 12.1 Å². The van der Waals surface area contributed by atoms with Crippen LogP contribution in [0.15, 0.2) is 24.3 Å². The van der Waals surface area contributed by atoms with E-state index >= 15 is 0 Å². The Balaban J connectivity index is 2.75. The smallest absolute Gasteiger partial charge is 0.240 e. The quantitative estimate of drug-likeness (QED) is 0.807. The van der Waals surface area contributed by atoms with E-state index in [1.54, 1.807) is 19.1 Å². The van der Waals surface area contributed by atoms with Crippen LogP contribution in [0, 0.1) is 5.82 Å². The lowest BCUT2D eigenvalue weighted by molar-refractivity contribution is -0.125. The first-order valence-corrected chi connectivity index (χ1v) is 5.80. The second-order valence-electron chi connectivity index (χ2n) is 4.71. The van der Waals surface area contributed by atoms with Crippen LogP contribution in [0.1, 0.15) is 20.8 Å². The van der Waals surface area contributed by atoms with E-state index in [9.17, 15) is 9.18 Å². The summed E-state index contributed by atoms with van der Waals surface area (Å²) in [7, 11) is 0. The molecule has 4 nitrogen and oxygen atoms in total. The standard InChI is InChI=1S/C13H19FN2O2/c1-9(2)16-13(3,12(15)17)8-18-11-7-5-4-6-10(11)14/h4-7,9,16H,8H2,1-3H3,(H2,15,17). The number of primary amides is 1. The molecule has 1 atom stereocenters. The number of carbonyl (C=O) groups is 1. The van der Waals surface area contributed by atoms with E-state index in [-0.39, 0.29) is 18.4 Å². The highest BCUT2D eigenvalue weighted by molar-refractivity contribution is 5.84. The number of nitrogens with one attached hydrogen (secondary N) is 1. The average molecular weight is 254 g/mol. The van der Waals surface area contributed by atoms with E-state index in [1.807, 2.05) is 13.8 Å². The fourth-order valence-electron chi connectivity index (χ4n) is 1.60. The molecule has 1 aromatic rings. The summed E-state index contributed by atoms with van der Waals surface area (Å²) < 4.78 is 18.7. The molecule has 1 aromatic carbocycles. The van der Waals surface area contributed by atoms with Gasteiger partial charge >= 0.3 is 0 Å². The zero-order valence-corrected chi connectivity index (χ0v) is 10.9.